The summed E-state index contributed by atoms with van der Waals surface area (Å²) in [6, 6.07) is 14.0. The Morgan fingerprint density at radius 1 is 0.962 bits per heavy atom. The molecule has 136 valence electrons. The van der Waals surface area contributed by atoms with Gasteiger partial charge in [-0.2, -0.15) is 0 Å². The minimum atomic E-state index is -0.544. The van der Waals surface area contributed by atoms with Gasteiger partial charge in [0.1, 0.15) is 17.2 Å². The fourth-order valence-corrected chi connectivity index (χ4v) is 2.04. The highest BCUT2D eigenvalue weighted by molar-refractivity contribution is 5.81. The van der Waals surface area contributed by atoms with Gasteiger partial charge in [-0.25, -0.2) is 4.79 Å². The quantitative estimate of drug-likeness (QED) is 0.297. The third-order valence-electron chi connectivity index (χ3n) is 3.43. The minimum absolute atomic E-state index is 0.182. The van der Waals surface area contributed by atoms with Crippen molar-refractivity contribution in [2.45, 2.75) is 12.8 Å². The average molecular weight is 356 g/mol. The summed E-state index contributed by atoms with van der Waals surface area (Å²) in [5.74, 6) is 0.884. The van der Waals surface area contributed by atoms with Gasteiger partial charge in [-0.1, -0.05) is 18.7 Å². The number of esters is 2. The third kappa shape index (κ3) is 6.32. The van der Waals surface area contributed by atoms with E-state index in [1.54, 1.807) is 43.5 Å². The summed E-state index contributed by atoms with van der Waals surface area (Å²) in [5.41, 5.74) is 0.965. The molecule has 0 aromatic heterocycles. The van der Waals surface area contributed by atoms with E-state index in [0.717, 1.165) is 11.6 Å². The summed E-state index contributed by atoms with van der Waals surface area (Å²) < 4.78 is 20.3. The first-order valence-corrected chi connectivity index (χ1v) is 7.96. The summed E-state index contributed by atoms with van der Waals surface area (Å²) in [6.45, 7) is 3.11. The number of methoxy groups -OCH3 is 1. The molecule has 2 aromatic rings. The smallest absolute Gasteiger partial charge is 0.333 e. The largest absolute Gasteiger partial charge is 0.497 e. The molecule has 26 heavy (non-hydrogen) atoms. The lowest BCUT2D eigenvalue weighted by atomic mass is 10.1. The van der Waals surface area contributed by atoms with Gasteiger partial charge in [0.2, 0.25) is 6.79 Å². The molecular weight excluding hydrogens is 336 g/mol. The fraction of sp³-hybridized carbons (Fsp3) is 0.200. The van der Waals surface area contributed by atoms with Crippen LogP contribution >= 0.6 is 0 Å². The second kappa shape index (κ2) is 9.88. The Hall–Kier alpha value is -3.28. The van der Waals surface area contributed by atoms with Gasteiger partial charge in [-0.3, -0.25) is 4.79 Å². The normalized spacial score (nSPS) is 9.88. The molecule has 0 heterocycles. The topological polar surface area (TPSA) is 71.1 Å². The molecule has 2 rings (SSSR count). The Morgan fingerprint density at radius 3 is 2.19 bits per heavy atom. The highest BCUT2D eigenvalue weighted by atomic mass is 16.7. The van der Waals surface area contributed by atoms with Crippen LogP contribution in [-0.4, -0.2) is 25.8 Å². The van der Waals surface area contributed by atoms with Gasteiger partial charge in [0, 0.05) is 12.5 Å². The van der Waals surface area contributed by atoms with Crippen molar-refractivity contribution in [2.24, 2.45) is 0 Å². The van der Waals surface area contributed by atoms with Gasteiger partial charge in [0.05, 0.1) is 7.11 Å². The van der Waals surface area contributed by atoms with Crippen molar-refractivity contribution in [1.29, 1.82) is 0 Å². The Bertz CT molecular complexity index is 734. The van der Waals surface area contributed by atoms with Gasteiger partial charge < -0.3 is 18.9 Å². The number of carbonyl (C=O) groups is 2. The summed E-state index contributed by atoms with van der Waals surface area (Å²) in [6.07, 6.45) is 1.86. The zero-order valence-electron chi connectivity index (χ0n) is 14.5. The van der Waals surface area contributed by atoms with Crippen molar-refractivity contribution in [3.8, 4) is 17.2 Å². The van der Waals surface area contributed by atoms with Gasteiger partial charge in [-0.05, 0) is 48.4 Å². The van der Waals surface area contributed by atoms with Crippen LogP contribution in [0.2, 0.25) is 0 Å². The molecule has 2 aromatic carbocycles. The Morgan fingerprint density at radius 2 is 1.58 bits per heavy atom. The predicted molar refractivity (Wildman–Crippen MR) is 95.2 cm³/mol. The molecule has 0 aliphatic heterocycles. The fourth-order valence-electron chi connectivity index (χ4n) is 2.04. The molecular formula is C20H20O6. The number of ether oxygens (including phenoxy) is 4. The van der Waals surface area contributed by atoms with E-state index >= 15 is 0 Å². The number of rotatable bonds is 9. The highest BCUT2D eigenvalue weighted by Gasteiger charge is 2.06. The number of hydrogen-bond donors (Lipinski definition) is 0. The van der Waals surface area contributed by atoms with Crippen LogP contribution in [0.4, 0.5) is 0 Å². The standard InChI is InChI=1S/C20H20O6/c1-3-19(21)25-14-24-17-7-4-15(5-8-17)6-13-20(22)26-18-11-9-16(23-2)10-12-18/h3-5,7-12H,1,6,13-14H2,2H3. The summed E-state index contributed by atoms with van der Waals surface area (Å²) in [4.78, 5) is 22.8. The molecule has 0 saturated carbocycles. The van der Waals surface area contributed by atoms with Crippen LogP contribution < -0.4 is 14.2 Å². The van der Waals surface area contributed by atoms with Crippen LogP contribution in [0, 0.1) is 0 Å². The average Bonchev–Trinajstić information content (AvgIpc) is 2.67. The number of carbonyl (C=O) groups excluding carboxylic acids is 2. The Kier molecular flexibility index (Phi) is 7.24. The summed E-state index contributed by atoms with van der Waals surface area (Å²) in [5, 5.41) is 0. The number of aryl methyl sites for hydroxylation is 1. The van der Waals surface area contributed by atoms with E-state index in [9.17, 15) is 9.59 Å². The van der Waals surface area contributed by atoms with E-state index < -0.39 is 5.97 Å². The summed E-state index contributed by atoms with van der Waals surface area (Å²) in [7, 11) is 1.57. The third-order valence-corrected chi connectivity index (χ3v) is 3.43. The lowest BCUT2D eigenvalue weighted by molar-refractivity contribution is -0.144. The van der Waals surface area contributed by atoms with Crippen molar-refractivity contribution >= 4 is 11.9 Å². The van der Waals surface area contributed by atoms with Crippen LogP contribution in [0.3, 0.4) is 0 Å². The maximum Gasteiger partial charge on any atom is 0.333 e. The van der Waals surface area contributed by atoms with Crippen molar-refractivity contribution in [3.63, 3.8) is 0 Å². The van der Waals surface area contributed by atoms with E-state index in [0.29, 0.717) is 23.7 Å². The molecule has 0 fully saturated rings. The molecule has 0 aliphatic rings. The van der Waals surface area contributed by atoms with Gasteiger partial charge >= 0.3 is 11.9 Å². The first-order chi connectivity index (χ1) is 12.6. The maximum atomic E-state index is 11.9. The lowest BCUT2D eigenvalue weighted by Crippen LogP contribution is -2.09. The number of hydrogen-bond acceptors (Lipinski definition) is 6. The van der Waals surface area contributed by atoms with Crippen molar-refractivity contribution < 1.29 is 28.5 Å². The van der Waals surface area contributed by atoms with Crippen molar-refractivity contribution in [2.75, 3.05) is 13.9 Å². The van der Waals surface area contributed by atoms with E-state index in [-0.39, 0.29) is 19.2 Å². The molecule has 0 aliphatic carbocycles. The molecule has 0 bridgehead atoms. The van der Waals surface area contributed by atoms with E-state index in [4.69, 9.17) is 18.9 Å². The molecule has 0 radical (unpaired) electrons. The molecule has 0 unspecified atom stereocenters. The van der Waals surface area contributed by atoms with E-state index in [1.807, 2.05) is 12.1 Å². The van der Waals surface area contributed by atoms with Crippen LogP contribution in [-0.2, 0) is 20.7 Å². The second-order valence-electron chi connectivity index (χ2n) is 5.22. The Labute approximate surface area is 151 Å². The SMILES string of the molecule is C=CC(=O)OCOc1ccc(CCC(=O)Oc2ccc(OC)cc2)cc1. The van der Waals surface area contributed by atoms with E-state index in [2.05, 4.69) is 6.58 Å². The molecule has 0 saturated heterocycles. The van der Waals surface area contributed by atoms with E-state index in [1.165, 1.54) is 0 Å². The zero-order valence-corrected chi connectivity index (χ0v) is 14.5. The molecule has 6 nitrogen and oxygen atoms in total. The van der Waals surface area contributed by atoms with Crippen LogP contribution in [0.1, 0.15) is 12.0 Å². The van der Waals surface area contributed by atoms with Crippen LogP contribution in [0.5, 0.6) is 17.2 Å². The monoisotopic (exact) mass is 356 g/mol. The first-order valence-electron chi connectivity index (χ1n) is 7.96. The molecule has 6 heteroatoms. The van der Waals surface area contributed by atoms with Gasteiger partial charge in [0.25, 0.3) is 0 Å². The molecule has 0 atom stereocenters. The van der Waals surface area contributed by atoms with Crippen LogP contribution in [0.25, 0.3) is 0 Å². The highest BCUT2D eigenvalue weighted by Crippen LogP contribution is 2.18. The lowest BCUT2D eigenvalue weighted by Gasteiger charge is -2.07. The molecule has 0 N–H and O–H groups in total. The van der Waals surface area contributed by atoms with Gasteiger partial charge in [0.15, 0.2) is 0 Å². The zero-order chi connectivity index (χ0) is 18.8. The number of benzene rings is 2. The summed E-state index contributed by atoms with van der Waals surface area (Å²) >= 11 is 0. The minimum Gasteiger partial charge on any atom is -0.497 e. The second-order valence-corrected chi connectivity index (χ2v) is 5.22. The predicted octanol–water partition coefficient (Wildman–Crippen LogP) is 3.30. The molecule has 0 spiro atoms. The maximum absolute atomic E-state index is 11.9. The van der Waals surface area contributed by atoms with Crippen LogP contribution in [0.15, 0.2) is 61.2 Å². The van der Waals surface area contributed by atoms with Crippen molar-refractivity contribution in [1.82, 2.24) is 0 Å². The van der Waals surface area contributed by atoms with Gasteiger partial charge in [-0.15, -0.1) is 0 Å². The first kappa shape index (κ1) is 19.1. The van der Waals surface area contributed by atoms with Crippen molar-refractivity contribution in [3.05, 3.63) is 66.7 Å². The Balaban J connectivity index is 1.75. The molecule has 0 amide bonds.